The summed E-state index contributed by atoms with van der Waals surface area (Å²) in [6.07, 6.45) is 6.59. The summed E-state index contributed by atoms with van der Waals surface area (Å²) in [5, 5.41) is 8.11. The topological polar surface area (TPSA) is 64.1 Å². The van der Waals surface area contributed by atoms with Crippen LogP contribution in [0.5, 0.6) is 17.2 Å². The summed E-state index contributed by atoms with van der Waals surface area (Å²) in [6, 6.07) is 4.08. The van der Waals surface area contributed by atoms with Gasteiger partial charge < -0.3 is 19.5 Å². The number of rotatable bonds is 6. The zero-order valence-corrected chi connectivity index (χ0v) is 16.1. The minimum Gasteiger partial charge on any atom is -0.493 e. The summed E-state index contributed by atoms with van der Waals surface area (Å²) in [5.74, 6) is 2.33. The molecule has 0 saturated heterocycles. The molecule has 1 aromatic carbocycles. The van der Waals surface area contributed by atoms with Gasteiger partial charge in [0.15, 0.2) is 16.6 Å². The summed E-state index contributed by atoms with van der Waals surface area (Å²) in [4.78, 5) is 0. The molecular weight excluding hydrogens is 338 g/mol. The summed E-state index contributed by atoms with van der Waals surface area (Å²) >= 11 is 5.34. The van der Waals surface area contributed by atoms with Crippen LogP contribution in [-0.4, -0.2) is 38.7 Å². The molecule has 1 saturated carbocycles. The van der Waals surface area contributed by atoms with Gasteiger partial charge in [-0.25, -0.2) is 0 Å². The van der Waals surface area contributed by atoms with E-state index in [1.54, 1.807) is 27.5 Å². The van der Waals surface area contributed by atoms with Crippen molar-refractivity contribution < 1.29 is 14.2 Å². The lowest BCUT2D eigenvalue weighted by Crippen LogP contribution is -2.44. The molecule has 1 fully saturated rings. The number of hydrogen-bond acceptors (Lipinski definition) is 5. The summed E-state index contributed by atoms with van der Waals surface area (Å²) in [7, 11) is 4.74. The highest BCUT2D eigenvalue weighted by molar-refractivity contribution is 7.80. The molecule has 1 aromatic rings. The maximum atomic E-state index is 5.43. The van der Waals surface area contributed by atoms with Crippen molar-refractivity contribution in [3.63, 3.8) is 0 Å². The molecule has 7 heteroatoms. The Morgan fingerprint density at radius 3 is 2.48 bits per heavy atom. The Bertz CT molecular complexity index is 622. The first-order valence-corrected chi connectivity index (χ1v) is 8.90. The van der Waals surface area contributed by atoms with Gasteiger partial charge in [-0.3, -0.25) is 5.43 Å². The van der Waals surface area contributed by atoms with Crippen molar-refractivity contribution in [1.82, 2.24) is 10.7 Å². The Morgan fingerprint density at radius 1 is 1.12 bits per heavy atom. The predicted molar refractivity (Wildman–Crippen MR) is 104 cm³/mol. The van der Waals surface area contributed by atoms with E-state index in [-0.39, 0.29) is 0 Å². The van der Waals surface area contributed by atoms with Crippen LogP contribution >= 0.6 is 12.2 Å². The van der Waals surface area contributed by atoms with Gasteiger partial charge in [-0.1, -0.05) is 19.8 Å². The lowest BCUT2D eigenvalue weighted by atomic mass is 9.86. The first-order valence-electron chi connectivity index (χ1n) is 8.49. The highest BCUT2D eigenvalue weighted by Crippen LogP contribution is 2.38. The van der Waals surface area contributed by atoms with Crippen LogP contribution in [0.15, 0.2) is 17.2 Å². The first kappa shape index (κ1) is 19.3. The van der Waals surface area contributed by atoms with Gasteiger partial charge in [0.2, 0.25) is 5.75 Å². The van der Waals surface area contributed by atoms with Gasteiger partial charge in [-0.2, -0.15) is 5.10 Å². The van der Waals surface area contributed by atoms with Crippen molar-refractivity contribution >= 4 is 23.5 Å². The Labute approximate surface area is 154 Å². The molecular formula is C18H27N3O3S. The van der Waals surface area contributed by atoms with Gasteiger partial charge in [0.05, 0.1) is 27.5 Å². The van der Waals surface area contributed by atoms with Gasteiger partial charge in [0, 0.05) is 11.6 Å². The number of nitrogens with zero attached hydrogens (tertiary/aromatic N) is 1. The van der Waals surface area contributed by atoms with Gasteiger partial charge in [0.1, 0.15) is 0 Å². The molecule has 25 heavy (non-hydrogen) atoms. The average molecular weight is 365 g/mol. The number of hydrazone groups is 1. The SMILES string of the molecule is COc1ccc(/C=N\NC(=S)N[C@H]2CCCC[C@H]2C)c(OC)c1OC. The molecule has 0 radical (unpaired) electrons. The van der Waals surface area contributed by atoms with E-state index >= 15 is 0 Å². The van der Waals surface area contributed by atoms with Crippen LogP contribution in [0, 0.1) is 5.92 Å². The van der Waals surface area contributed by atoms with E-state index in [9.17, 15) is 0 Å². The lowest BCUT2D eigenvalue weighted by Gasteiger charge is -2.30. The largest absolute Gasteiger partial charge is 0.493 e. The average Bonchev–Trinajstić information content (AvgIpc) is 2.62. The molecule has 0 aromatic heterocycles. The first-order chi connectivity index (χ1) is 12.1. The van der Waals surface area contributed by atoms with Crippen LogP contribution in [0.25, 0.3) is 0 Å². The van der Waals surface area contributed by atoms with E-state index in [0.717, 1.165) is 12.0 Å². The predicted octanol–water partition coefficient (Wildman–Crippen LogP) is 3.09. The Hall–Kier alpha value is -2.02. The maximum absolute atomic E-state index is 5.43. The molecule has 0 bridgehead atoms. The quantitative estimate of drug-likeness (QED) is 0.459. The molecule has 0 heterocycles. The Morgan fingerprint density at radius 2 is 1.84 bits per heavy atom. The molecule has 1 aliphatic rings. The fraction of sp³-hybridized carbons (Fsp3) is 0.556. The smallest absolute Gasteiger partial charge is 0.203 e. The molecule has 0 amide bonds. The molecule has 138 valence electrons. The van der Waals surface area contributed by atoms with Crippen LogP contribution in [0.3, 0.4) is 0 Å². The van der Waals surface area contributed by atoms with E-state index in [2.05, 4.69) is 22.8 Å². The lowest BCUT2D eigenvalue weighted by molar-refractivity contribution is 0.308. The van der Waals surface area contributed by atoms with Crippen molar-refractivity contribution in [3.05, 3.63) is 17.7 Å². The summed E-state index contributed by atoms with van der Waals surface area (Å²) < 4.78 is 16.1. The van der Waals surface area contributed by atoms with Crippen molar-refractivity contribution in [2.24, 2.45) is 11.0 Å². The fourth-order valence-electron chi connectivity index (χ4n) is 3.12. The molecule has 0 aliphatic heterocycles. The summed E-state index contributed by atoms with van der Waals surface area (Å²) in [5.41, 5.74) is 3.64. The second-order valence-electron chi connectivity index (χ2n) is 6.14. The molecule has 2 rings (SSSR count). The van der Waals surface area contributed by atoms with Gasteiger partial charge in [-0.05, 0) is 43.1 Å². The Balaban J connectivity index is 2.00. The Kier molecular flexibility index (Phi) is 7.31. The van der Waals surface area contributed by atoms with E-state index in [4.69, 9.17) is 26.4 Å². The third kappa shape index (κ3) is 4.98. The van der Waals surface area contributed by atoms with E-state index in [1.165, 1.54) is 19.3 Å². The maximum Gasteiger partial charge on any atom is 0.203 e. The van der Waals surface area contributed by atoms with Crippen molar-refractivity contribution in [2.45, 2.75) is 38.6 Å². The zero-order valence-electron chi connectivity index (χ0n) is 15.3. The minimum absolute atomic E-state index is 0.416. The van der Waals surface area contributed by atoms with Gasteiger partial charge in [-0.15, -0.1) is 0 Å². The van der Waals surface area contributed by atoms with Crippen LogP contribution in [0.1, 0.15) is 38.2 Å². The molecule has 0 spiro atoms. The van der Waals surface area contributed by atoms with E-state index < -0.39 is 0 Å². The molecule has 2 N–H and O–H groups in total. The minimum atomic E-state index is 0.416. The van der Waals surface area contributed by atoms with Crippen LogP contribution in [0.4, 0.5) is 0 Å². The second-order valence-corrected chi connectivity index (χ2v) is 6.54. The molecule has 1 aliphatic carbocycles. The monoisotopic (exact) mass is 365 g/mol. The van der Waals surface area contributed by atoms with Crippen molar-refractivity contribution in [3.8, 4) is 17.2 Å². The van der Waals surface area contributed by atoms with Gasteiger partial charge >= 0.3 is 0 Å². The number of benzene rings is 1. The second kappa shape index (κ2) is 9.46. The van der Waals surface area contributed by atoms with E-state index in [0.29, 0.717) is 34.3 Å². The standard InChI is InChI=1S/C18H27N3O3S/c1-12-7-5-6-8-14(12)20-18(25)21-19-11-13-9-10-15(22-2)17(24-4)16(13)23-3/h9-12,14H,5-8H2,1-4H3,(H2,20,21,25)/b19-11-/t12-,14+/m1/s1. The number of hydrogen-bond donors (Lipinski definition) is 2. The van der Waals surface area contributed by atoms with Crippen molar-refractivity contribution in [2.75, 3.05) is 21.3 Å². The molecule has 2 atom stereocenters. The highest BCUT2D eigenvalue weighted by Gasteiger charge is 2.21. The highest BCUT2D eigenvalue weighted by atomic mass is 32.1. The normalized spacial score (nSPS) is 20.2. The number of nitrogens with one attached hydrogen (secondary N) is 2. The zero-order chi connectivity index (χ0) is 18.2. The van der Waals surface area contributed by atoms with E-state index in [1.807, 2.05) is 12.1 Å². The number of thiocarbonyl (C=S) groups is 1. The van der Waals surface area contributed by atoms with Gasteiger partial charge in [0.25, 0.3) is 0 Å². The summed E-state index contributed by atoms with van der Waals surface area (Å²) in [6.45, 7) is 2.26. The third-order valence-electron chi connectivity index (χ3n) is 4.53. The number of ether oxygens (including phenoxy) is 3. The van der Waals surface area contributed by atoms with Crippen LogP contribution in [0.2, 0.25) is 0 Å². The van der Waals surface area contributed by atoms with Crippen LogP contribution in [-0.2, 0) is 0 Å². The fourth-order valence-corrected chi connectivity index (χ4v) is 3.32. The van der Waals surface area contributed by atoms with Crippen LogP contribution < -0.4 is 25.0 Å². The third-order valence-corrected chi connectivity index (χ3v) is 4.74. The van der Waals surface area contributed by atoms with Crippen molar-refractivity contribution in [1.29, 1.82) is 0 Å². The molecule has 6 nitrogen and oxygen atoms in total. The molecule has 0 unspecified atom stereocenters. The number of methoxy groups -OCH3 is 3.